The number of nitro benzene ring substituents is 1. The van der Waals surface area contributed by atoms with Gasteiger partial charge in [0.05, 0.1) is 15.6 Å². The summed E-state index contributed by atoms with van der Waals surface area (Å²) in [5.41, 5.74) is 0.767. The molecule has 2 aromatic rings. The van der Waals surface area contributed by atoms with E-state index in [1.165, 1.54) is 34.3 Å². The second-order valence-corrected chi connectivity index (χ2v) is 9.32. The van der Waals surface area contributed by atoms with E-state index in [-0.39, 0.29) is 29.6 Å². The molecule has 1 aliphatic heterocycles. The first-order valence-electron chi connectivity index (χ1n) is 8.87. The van der Waals surface area contributed by atoms with Crippen molar-refractivity contribution in [3.63, 3.8) is 0 Å². The maximum atomic E-state index is 12.8. The van der Waals surface area contributed by atoms with Gasteiger partial charge < -0.3 is 4.90 Å². The summed E-state index contributed by atoms with van der Waals surface area (Å²) in [4.78, 5) is 28.2. The first-order valence-corrected chi connectivity index (χ1v) is 11.5. The number of sulfonamides is 1. The number of hydrogen-bond donors (Lipinski definition) is 0. The molecule has 154 valence electrons. The third-order valence-corrected chi connectivity index (χ3v) is 7.36. The molecule has 11 heteroatoms. The minimum Gasteiger partial charge on any atom is -0.339 e. The molecule has 2 heterocycles. The Hall–Kier alpha value is -2.50. The number of aromatic nitrogens is 1. The summed E-state index contributed by atoms with van der Waals surface area (Å²) in [6, 6.07) is 8.79. The van der Waals surface area contributed by atoms with E-state index in [9.17, 15) is 23.3 Å². The van der Waals surface area contributed by atoms with Crippen LogP contribution in [0.2, 0.25) is 0 Å². The summed E-state index contributed by atoms with van der Waals surface area (Å²) in [5, 5.41) is 10.9. The zero-order chi connectivity index (χ0) is 20.9. The lowest BCUT2D eigenvalue weighted by Crippen LogP contribution is -2.50. The van der Waals surface area contributed by atoms with Crippen LogP contribution < -0.4 is 0 Å². The van der Waals surface area contributed by atoms with Crippen LogP contribution >= 0.6 is 11.8 Å². The van der Waals surface area contributed by atoms with Crippen molar-refractivity contribution in [3.8, 4) is 0 Å². The zero-order valence-electron chi connectivity index (χ0n) is 15.5. The molecule has 1 aromatic heterocycles. The number of carbonyl (C=O) groups is 1. The van der Waals surface area contributed by atoms with Crippen LogP contribution in [0.5, 0.6) is 0 Å². The number of non-ortho nitro benzene ring substituents is 1. The number of nitro groups is 1. The Morgan fingerprint density at radius 1 is 1.17 bits per heavy atom. The van der Waals surface area contributed by atoms with Crippen molar-refractivity contribution in [1.82, 2.24) is 14.2 Å². The minimum absolute atomic E-state index is 0.0358. The average molecular weight is 437 g/mol. The number of carbonyl (C=O) groups excluding carboxylic acids is 1. The van der Waals surface area contributed by atoms with Crippen molar-refractivity contribution in [2.75, 3.05) is 31.9 Å². The predicted molar refractivity (Wildman–Crippen MR) is 109 cm³/mol. The standard InChI is InChI=1S/C18H20N4O5S2/c23-18(14-28-13-15-3-2-6-19-12-15)20-7-9-21(10-8-20)29(26,27)17-5-1-4-16(11-17)22(24)25/h1-6,11-12H,7-10,13-14H2. The van der Waals surface area contributed by atoms with E-state index >= 15 is 0 Å². The molecule has 0 spiro atoms. The number of benzene rings is 1. The van der Waals surface area contributed by atoms with Gasteiger partial charge in [-0.1, -0.05) is 12.1 Å². The molecule has 1 saturated heterocycles. The smallest absolute Gasteiger partial charge is 0.270 e. The maximum Gasteiger partial charge on any atom is 0.270 e. The van der Waals surface area contributed by atoms with Gasteiger partial charge in [-0.05, 0) is 17.7 Å². The molecule has 1 aliphatic rings. The first kappa shape index (κ1) is 21.2. The molecule has 0 atom stereocenters. The van der Waals surface area contributed by atoms with Crippen LogP contribution in [0.4, 0.5) is 5.69 Å². The van der Waals surface area contributed by atoms with Gasteiger partial charge in [-0.25, -0.2) is 8.42 Å². The quantitative estimate of drug-likeness (QED) is 0.480. The van der Waals surface area contributed by atoms with E-state index in [4.69, 9.17) is 0 Å². The number of piperazine rings is 1. The van der Waals surface area contributed by atoms with E-state index in [1.807, 2.05) is 12.1 Å². The fourth-order valence-corrected chi connectivity index (χ4v) is 5.24. The van der Waals surface area contributed by atoms with Crippen molar-refractivity contribution in [2.45, 2.75) is 10.6 Å². The van der Waals surface area contributed by atoms with Gasteiger partial charge in [0.1, 0.15) is 0 Å². The number of nitrogens with zero attached hydrogens (tertiary/aromatic N) is 4. The summed E-state index contributed by atoms with van der Waals surface area (Å²) in [6.45, 7) is 0.898. The van der Waals surface area contributed by atoms with Crippen molar-refractivity contribution >= 4 is 33.4 Å². The number of rotatable bonds is 7. The Morgan fingerprint density at radius 2 is 1.93 bits per heavy atom. The van der Waals surface area contributed by atoms with Crippen molar-refractivity contribution in [3.05, 3.63) is 64.5 Å². The summed E-state index contributed by atoms with van der Waals surface area (Å²) < 4.78 is 26.8. The van der Waals surface area contributed by atoms with E-state index < -0.39 is 14.9 Å². The van der Waals surface area contributed by atoms with E-state index in [0.717, 1.165) is 11.6 Å². The Balaban J connectivity index is 1.53. The molecular formula is C18H20N4O5S2. The van der Waals surface area contributed by atoms with Crippen LogP contribution in [0.25, 0.3) is 0 Å². The van der Waals surface area contributed by atoms with Crippen molar-refractivity contribution in [2.24, 2.45) is 0 Å². The number of hydrogen-bond acceptors (Lipinski definition) is 7. The molecule has 3 rings (SSSR count). The number of thioether (sulfide) groups is 1. The summed E-state index contributed by atoms with van der Waals surface area (Å²) >= 11 is 1.49. The summed E-state index contributed by atoms with van der Waals surface area (Å²) in [5.74, 6) is 0.957. The van der Waals surface area contributed by atoms with Gasteiger partial charge in [0.15, 0.2) is 0 Å². The Bertz CT molecular complexity index is 977. The third kappa shape index (κ3) is 5.31. The van der Waals surface area contributed by atoms with Crippen LogP contribution in [0, 0.1) is 10.1 Å². The monoisotopic (exact) mass is 436 g/mol. The molecule has 0 N–H and O–H groups in total. The Morgan fingerprint density at radius 3 is 2.59 bits per heavy atom. The number of pyridine rings is 1. The minimum atomic E-state index is -3.84. The molecule has 9 nitrogen and oxygen atoms in total. The average Bonchev–Trinajstić information content (AvgIpc) is 2.74. The largest absolute Gasteiger partial charge is 0.339 e. The van der Waals surface area contributed by atoms with Gasteiger partial charge in [0.25, 0.3) is 5.69 Å². The molecular weight excluding hydrogens is 416 g/mol. The van der Waals surface area contributed by atoms with E-state index in [1.54, 1.807) is 17.3 Å². The van der Waals surface area contributed by atoms with Gasteiger partial charge in [0, 0.05) is 56.5 Å². The van der Waals surface area contributed by atoms with Crippen LogP contribution in [0.3, 0.4) is 0 Å². The molecule has 0 unspecified atom stereocenters. The summed E-state index contributed by atoms with van der Waals surface area (Å²) in [7, 11) is -3.84. The molecule has 29 heavy (non-hydrogen) atoms. The van der Waals surface area contributed by atoms with Crippen LogP contribution in [0.1, 0.15) is 5.56 Å². The fourth-order valence-electron chi connectivity index (χ4n) is 2.92. The normalized spacial score (nSPS) is 15.2. The first-order chi connectivity index (χ1) is 13.9. The van der Waals surface area contributed by atoms with Gasteiger partial charge in [-0.15, -0.1) is 11.8 Å². The maximum absolute atomic E-state index is 12.8. The van der Waals surface area contributed by atoms with Gasteiger partial charge in [-0.2, -0.15) is 4.31 Å². The van der Waals surface area contributed by atoms with Gasteiger partial charge in [-0.3, -0.25) is 19.9 Å². The Labute approximate surface area is 172 Å². The van der Waals surface area contributed by atoms with E-state index in [2.05, 4.69) is 4.98 Å². The van der Waals surface area contributed by atoms with E-state index in [0.29, 0.717) is 24.6 Å². The summed E-state index contributed by atoms with van der Waals surface area (Å²) in [6.07, 6.45) is 3.45. The van der Waals surface area contributed by atoms with Crippen LogP contribution in [0.15, 0.2) is 53.7 Å². The molecule has 0 radical (unpaired) electrons. The predicted octanol–water partition coefficient (Wildman–Crippen LogP) is 1.76. The second-order valence-electron chi connectivity index (χ2n) is 6.39. The zero-order valence-corrected chi connectivity index (χ0v) is 17.1. The molecule has 0 bridgehead atoms. The van der Waals surface area contributed by atoms with Gasteiger partial charge >= 0.3 is 0 Å². The highest BCUT2D eigenvalue weighted by Gasteiger charge is 2.30. The van der Waals surface area contributed by atoms with Crippen molar-refractivity contribution in [1.29, 1.82) is 0 Å². The van der Waals surface area contributed by atoms with Crippen LogP contribution in [-0.4, -0.2) is 65.4 Å². The third-order valence-electron chi connectivity index (χ3n) is 4.47. The highest BCUT2D eigenvalue weighted by molar-refractivity contribution is 7.99. The molecule has 0 saturated carbocycles. The van der Waals surface area contributed by atoms with Gasteiger partial charge in [0.2, 0.25) is 15.9 Å². The fraction of sp³-hybridized carbons (Fsp3) is 0.333. The topological polar surface area (TPSA) is 114 Å². The SMILES string of the molecule is O=C(CSCc1cccnc1)N1CCN(S(=O)(=O)c2cccc([N+](=O)[O-])c2)CC1. The molecule has 1 amide bonds. The lowest BCUT2D eigenvalue weighted by atomic mass is 10.3. The number of amides is 1. The molecule has 1 aromatic carbocycles. The second kappa shape index (κ2) is 9.33. The van der Waals surface area contributed by atoms with Crippen LogP contribution in [-0.2, 0) is 20.6 Å². The highest BCUT2D eigenvalue weighted by atomic mass is 32.2. The lowest BCUT2D eigenvalue weighted by Gasteiger charge is -2.34. The highest BCUT2D eigenvalue weighted by Crippen LogP contribution is 2.22. The molecule has 1 fully saturated rings. The van der Waals surface area contributed by atoms with Crippen molar-refractivity contribution < 1.29 is 18.1 Å². The lowest BCUT2D eigenvalue weighted by molar-refractivity contribution is -0.385. The molecule has 0 aliphatic carbocycles. The Kier molecular flexibility index (Phi) is 6.83.